The number of amides is 1. The summed E-state index contributed by atoms with van der Waals surface area (Å²) in [6.45, 7) is 4.63. The lowest BCUT2D eigenvalue weighted by Crippen LogP contribution is -2.34. The van der Waals surface area contributed by atoms with Gasteiger partial charge < -0.3 is 24.3 Å². The molecular weight excluding hydrogens is 326 g/mol. The molecule has 0 spiro atoms. The van der Waals surface area contributed by atoms with Gasteiger partial charge in [0, 0.05) is 13.2 Å². The van der Waals surface area contributed by atoms with Crippen LogP contribution in [-0.4, -0.2) is 51.0 Å². The molecule has 1 aliphatic heterocycles. The summed E-state index contributed by atoms with van der Waals surface area (Å²) < 4.78 is 21.3. The van der Waals surface area contributed by atoms with Crippen LogP contribution >= 0.6 is 0 Å². The number of hydrogen-bond donors (Lipinski definition) is 1. The summed E-state index contributed by atoms with van der Waals surface area (Å²) in [4.78, 5) is 23.8. The Balaban J connectivity index is 1.84. The third-order valence-corrected chi connectivity index (χ3v) is 3.65. The average Bonchev–Trinajstić information content (AvgIpc) is 3.11. The van der Waals surface area contributed by atoms with Crippen LogP contribution in [0.2, 0.25) is 0 Å². The largest absolute Gasteiger partial charge is 0.493 e. The summed E-state index contributed by atoms with van der Waals surface area (Å²) in [7, 11) is 1.50. The van der Waals surface area contributed by atoms with Crippen LogP contribution in [0.1, 0.15) is 37.0 Å². The summed E-state index contributed by atoms with van der Waals surface area (Å²) in [6, 6.07) is 4.75. The van der Waals surface area contributed by atoms with Crippen molar-refractivity contribution < 1.29 is 28.5 Å². The van der Waals surface area contributed by atoms with Crippen molar-refractivity contribution in [3.8, 4) is 11.5 Å². The first-order valence-electron chi connectivity index (χ1n) is 8.39. The molecule has 1 amide bonds. The second-order valence-corrected chi connectivity index (χ2v) is 6.05. The molecule has 0 saturated carbocycles. The van der Waals surface area contributed by atoms with E-state index < -0.39 is 5.97 Å². The Hall–Kier alpha value is -2.28. The molecule has 1 fully saturated rings. The molecule has 1 N–H and O–H groups in total. The molecule has 138 valence electrons. The molecule has 0 bridgehead atoms. The van der Waals surface area contributed by atoms with Gasteiger partial charge in [0.15, 0.2) is 18.1 Å². The fourth-order valence-corrected chi connectivity index (χ4v) is 2.44. The fraction of sp³-hybridized carbons (Fsp3) is 0.556. The molecule has 7 nitrogen and oxygen atoms in total. The molecular formula is C18H25NO6. The predicted octanol–water partition coefficient (Wildman–Crippen LogP) is 1.93. The molecule has 0 aromatic heterocycles. The third-order valence-electron chi connectivity index (χ3n) is 3.65. The highest BCUT2D eigenvalue weighted by molar-refractivity contribution is 5.92. The maximum absolute atomic E-state index is 12.1. The normalized spacial score (nSPS) is 16.6. The minimum absolute atomic E-state index is 0.0146. The van der Waals surface area contributed by atoms with E-state index in [1.54, 1.807) is 12.1 Å². The minimum atomic E-state index is -0.596. The summed E-state index contributed by atoms with van der Waals surface area (Å²) >= 11 is 0. The van der Waals surface area contributed by atoms with Gasteiger partial charge in [-0.2, -0.15) is 0 Å². The summed E-state index contributed by atoms with van der Waals surface area (Å²) in [5, 5.41) is 2.70. The molecule has 7 heteroatoms. The molecule has 1 heterocycles. The number of methoxy groups -OCH3 is 1. The molecule has 0 radical (unpaired) electrons. The molecule has 1 aromatic rings. The van der Waals surface area contributed by atoms with Crippen LogP contribution in [0.3, 0.4) is 0 Å². The number of ether oxygens (including phenoxy) is 4. The number of rotatable bonds is 8. The van der Waals surface area contributed by atoms with E-state index in [0.717, 1.165) is 19.4 Å². The molecule has 1 saturated heterocycles. The fourth-order valence-electron chi connectivity index (χ4n) is 2.44. The Bertz CT molecular complexity index is 595. The Morgan fingerprint density at radius 3 is 2.76 bits per heavy atom. The van der Waals surface area contributed by atoms with Gasteiger partial charge in [-0.1, -0.05) is 0 Å². The van der Waals surface area contributed by atoms with E-state index in [4.69, 9.17) is 18.9 Å². The number of nitrogens with one attached hydrogen (secondary N) is 1. The van der Waals surface area contributed by atoms with Crippen LogP contribution in [-0.2, 0) is 14.3 Å². The molecule has 0 aliphatic carbocycles. The lowest BCUT2D eigenvalue weighted by Gasteiger charge is -2.14. The van der Waals surface area contributed by atoms with Crippen molar-refractivity contribution in [2.24, 2.45) is 0 Å². The number of hydrogen-bond acceptors (Lipinski definition) is 6. The first-order valence-corrected chi connectivity index (χ1v) is 8.39. The molecule has 25 heavy (non-hydrogen) atoms. The van der Waals surface area contributed by atoms with Crippen molar-refractivity contribution in [1.82, 2.24) is 5.32 Å². The van der Waals surface area contributed by atoms with Crippen LogP contribution in [0.4, 0.5) is 0 Å². The first kappa shape index (κ1) is 19.1. The van der Waals surface area contributed by atoms with Crippen molar-refractivity contribution in [3.63, 3.8) is 0 Å². The highest BCUT2D eigenvalue weighted by Gasteiger charge is 2.17. The lowest BCUT2D eigenvalue weighted by molar-refractivity contribution is -0.124. The second-order valence-electron chi connectivity index (χ2n) is 6.05. The number of carbonyl (C=O) groups excluding carboxylic acids is 2. The van der Waals surface area contributed by atoms with Gasteiger partial charge in [0.2, 0.25) is 0 Å². The van der Waals surface area contributed by atoms with Crippen molar-refractivity contribution in [3.05, 3.63) is 23.8 Å². The molecule has 1 aromatic carbocycles. The summed E-state index contributed by atoms with van der Waals surface area (Å²) in [6.07, 6.45) is 1.98. The highest BCUT2D eigenvalue weighted by Crippen LogP contribution is 2.29. The lowest BCUT2D eigenvalue weighted by atomic mass is 10.2. The molecule has 2 rings (SSSR count). The van der Waals surface area contributed by atoms with E-state index in [1.807, 2.05) is 13.8 Å². The summed E-state index contributed by atoms with van der Waals surface area (Å²) in [5.41, 5.74) is 0.292. The van der Waals surface area contributed by atoms with E-state index in [1.165, 1.54) is 13.2 Å². The van der Waals surface area contributed by atoms with E-state index in [9.17, 15) is 9.59 Å². The monoisotopic (exact) mass is 351 g/mol. The highest BCUT2D eigenvalue weighted by atomic mass is 16.5. The Morgan fingerprint density at radius 2 is 2.12 bits per heavy atom. The van der Waals surface area contributed by atoms with Crippen molar-refractivity contribution >= 4 is 11.9 Å². The SMILES string of the molecule is COc1cc(C(=O)OCC(=O)NCC2CCCO2)ccc1OC(C)C. The Labute approximate surface area is 147 Å². The van der Waals surface area contributed by atoms with Gasteiger partial charge in [-0.05, 0) is 44.9 Å². The predicted molar refractivity (Wildman–Crippen MR) is 91.0 cm³/mol. The zero-order valence-corrected chi connectivity index (χ0v) is 14.9. The second kappa shape index (κ2) is 9.27. The van der Waals surface area contributed by atoms with Gasteiger partial charge in [0.25, 0.3) is 5.91 Å². The summed E-state index contributed by atoms with van der Waals surface area (Å²) in [5.74, 6) is 0.0339. The standard InChI is InChI=1S/C18H25NO6/c1-12(2)25-15-7-6-13(9-16(15)22-3)18(21)24-11-17(20)19-10-14-5-4-8-23-14/h6-7,9,12,14H,4-5,8,10-11H2,1-3H3,(H,19,20). The van der Waals surface area contributed by atoms with Gasteiger partial charge >= 0.3 is 5.97 Å². The van der Waals surface area contributed by atoms with Crippen LogP contribution in [0.15, 0.2) is 18.2 Å². The Morgan fingerprint density at radius 1 is 1.32 bits per heavy atom. The molecule has 1 atom stereocenters. The van der Waals surface area contributed by atoms with E-state index >= 15 is 0 Å². The first-order chi connectivity index (χ1) is 12.0. The van der Waals surface area contributed by atoms with Crippen molar-refractivity contribution in [1.29, 1.82) is 0 Å². The number of esters is 1. The number of benzene rings is 1. The van der Waals surface area contributed by atoms with E-state index in [0.29, 0.717) is 23.6 Å². The quantitative estimate of drug-likeness (QED) is 0.721. The van der Waals surface area contributed by atoms with Crippen LogP contribution in [0.5, 0.6) is 11.5 Å². The topological polar surface area (TPSA) is 83.1 Å². The molecule has 1 aliphatic rings. The minimum Gasteiger partial charge on any atom is -0.493 e. The van der Waals surface area contributed by atoms with Crippen molar-refractivity contribution in [2.75, 3.05) is 26.9 Å². The zero-order valence-electron chi connectivity index (χ0n) is 14.9. The zero-order chi connectivity index (χ0) is 18.2. The van der Waals surface area contributed by atoms with Crippen molar-refractivity contribution in [2.45, 2.75) is 38.9 Å². The van der Waals surface area contributed by atoms with Gasteiger partial charge in [-0.3, -0.25) is 4.79 Å². The van der Waals surface area contributed by atoms with Crippen LogP contribution in [0, 0.1) is 0 Å². The van der Waals surface area contributed by atoms with Gasteiger partial charge in [-0.15, -0.1) is 0 Å². The smallest absolute Gasteiger partial charge is 0.338 e. The maximum atomic E-state index is 12.1. The van der Waals surface area contributed by atoms with Crippen LogP contribution < -0.4 is 14.8 Å². The Kier molecular flexibility index (Phi) is 7.06. The van der Waals surface area contributed by atoms with Gasteiger partial charge in [0.05, 0.1) is 24.9 Å². The van der Waals surface area contributed by atoms with Crippen LogP contribution in [0.25, 0.3) is 0 Å². The molecule has 1 unspecified atom stereocenters. The van der Waals surface area contributed by atoms with Gasteiger partial charge in [0.1, 0.15) is 0 Å². The third kappa shape index (κ3) is 5.94. The maximum Gasteiger partial charge on any atom is 0.338 e. The van der Waals surface area contributed by atoms with E-state index in [-0.39, 0.29) is 24.7 Å². The number of carbonyl (C=O) groups is 2. The average molecular weight is 351 g/mol. The van der Waals surface area contributed by atoms with Gasteiger partial charge in [-0.25, -0.2) is 4.79 Å². The van der Waals surface area contributed by atoms with E-state index in [2.05, 4.69) is 5.32 Å².